The van der Waals surface area contributed by atoms with Gasteiger partial charge in [0.25, 0.3) is 0 Å². The van der Waals surface area contributed by atoms with Crippen molar-refractivity contribution in [2.45, 2.75) is 128 Å². The molecule has 0 saturated carbocycles. The molecule has 3 aliphatic rings. The highest BCUT2D eigenvalue weighted by Gasteiger charge is 2.61. The first-order chi connectivity index (χ1) is 23.2. The van der Waals surface area contributed by atoms with Crippen molar-refractivity contribution in [1.82, 2.24) is 0 Å². The molecule has 3 fully saturated rings. The summed E-state index contributed by atoms with van der Waals surface area (Å²) in [5.74, 6) is -1.24. The van der Waals surface area contributed by atoms with Crippen molar-refractivity contribution in [3.8, 4) is 0 Å². The van der Waals surface area contributed by atoms with E-state index in [0.29, 0.717) is 32.7 Å². The van der Waals surface area contributed by atoms with Crippen LogP contribution in [0.15, 0.2) is 72.8 Å². The highest BCUT2D eigenvalue weighted by atomic mass is 28.4. The molecule has 270 valence electrons. The number of carbonyl (C=O) groups excluding carboxylic acids is 1. The van der Waals surface area contributed by atoms with Crippen molar-refractivity contribution in [1.29, 1.82) is 0 Å². The fourth-order valence-electron chi connectivity index (χ4n) is 7.18. The molecule has 9 heteroatoms. The van der Waals surface area contributed by atoms with Crippen LogP contribution in [0.5, 0.6) is 0 Å². The van der Waals surface area contributed by atoms with Gasteiger partial charge in [0.05, 0.1) is 57.5 Å². The zero-order valence-corrected chi connectivity index (χ0v) is 31.9. The molecule has 49 heavy (non-hydrogen) atoms. The van der Waals surface area contributed by atoms with E-state index in [1.54, 1.807) is 0 Å². The van der Waals surface area contributed by atoms with Gasteiger partial charge in [0.15, 0.2) is 14.1 Å². The predicted octanol–water partition coefficient (Wildman–Crippen LogP) is 7.86. The molecule has 5 rings (SSSR count). The number of benzene rings is 2. The van der Waals surface area contributed by atoms with E-state index in [0.717, 1.165) is 11.1 Å². The molecule has 0 aromatic heterocycles. The lowest BCUT2D eigenvalue weighted by Crippen LogP contribution is -2.61. The maximum atomic E-state index is 12.1. The van der Waals surface area contributed by atoms with Crippen LogP contribution in [-0.4, -0.2) is 70.4 Å². The Morgan fingerprint density at radius 1 is 0.898 bits per heavy atom. The summed E-state index contributed by atoms with van der Waals surface area (Å²) in [5.41, 5.74) is 2.23. The summed E-state index contributed by atoms with van der Waals surface area (Å²) in [6.07, 6.45) is 2.65. The summed E-state index contributed by atoms with van der Waals surface area (Å²) in [7, 11) is -0.885. The summed E-state index contributed by atoms with van der Waals surface area (Å²) in [6, 6.07) is 20.5. The lowest BCUT2D eigenvalue weighted by Gasteiger charge is -2.51. The summed E-state index contributed by atoms with van der Waals surface area (Å²) in [6.45, 7) is 19.4. The zero-order chi connectivity index (χ0) is 35.4. The monoisotopic (exact) mass is 694 g/mol. The van der Waals surface area contributed by atoms with Crippen LogP contribution in [0.3, 0.4) is 0 Å². The third-order valence-electron chi connectivity index (χ3n) is 11.4. The van der Waals surface area contributed by atoms with E-state index in [9.17, 15) is 4.79 Å². The van der Waals surface area contributed by atoms with Crippen LogP contribution in [0.4, 0.5) is 0 Å². The van der Waals surface area contributed by atoms with E-state index in [1.807, 2.05) is 42.5 Å². The van der Waals surface area contributed by atoms with Gasteiger partial charge >= 0.3 is 5.97 Å². The SMILES string of the molecule is COC(=O)/C=C/C[C@@H]1O[C@@H]2[C@@H](C)[C@H](C)[C@@]3(C[C@H](OCc4ccccc4)CO3)O[C@H]2[C@@H](OCc2ccccc2)[C@H](C)[C@H]1O[Si](C)(C)C(C)(C)C. The number of ether oxygens (including phenoxy) is 6. The minimum atomic E-state index is -2.27. The second kappa shape index (κ2) is 15.9. The van der Waals surface area contributed by atoms with Gasteiger partial charge in [-0.1, -0.05) is 108 Å². The Morgan fingerprint density at radius 2 is 1.51 bits per heavy atom. The summed E-state index contributed by atoms with van der Waals surface area (Å²) in [5, 5.41) is -0.0204. The van der Waals surface area contributed by atoms with E-state index in [1.165, 1.54) is 13.2 Å². The third kappa shape index (κ3) is 8.75. The van der Waals surface area contributed by atoms with Crippen molar-refractivity contribution >= 4 is 14.3 Å². The lowest BCUT2D eigenvalue weighted by atomic mass is 9.76. The van der Waals surface area contributed by atoms with Gasteiger partial charge in [0.1, 0.15) is 6.10 Å². The first-order valence-electron chi connectivity index (χ1n) is 18.0. The number of hydrogen-bond donors (Lipinski definition) is 0. The fourth-order valence-corrected chi connectivity index (χ4v) is 8.58. The molecule has 2 aromatic carbocycles. The van der Waals surface area contributed by atoms with Crippen molar-refractivity contribution in [2.24, 2.45) is 17.8 Å². The number of hydrogen-bond acceptors (Lipinski definition) is 8. The molecule has 1 spiro atoms. The molecule has 3 aliphatic heterocycles. The molecular weight excluding hydrogens is 637 g/mol. The first-order valence-corrected chi connectivity index (χ1v) is 20.9. The molecule has 0 unspecified atom stereocenters. The van der Waals surface area contributed by atoms with E-state index < -0.39 is 26.2 Å². The maximum absolute atomic E-state index is 12.1. The molecule has 10 atom stereocenters. The normalized spacial score (nSPS) is 33.8. The third-order valence-corrected chi connectivity index (χ3v) is 15.9. The number of carbonyl (C=O) groups is 1. The molecule has 3 saturated heterocycles. The molecule has 2 aromatic rings. The molecule has 0 N–H and O–H groups in total. The molecule has 0 amide bonds. The van der Waals surface area contributed by atoms with Crippen molar-refractivity contribution in [3.63, 3.8) is 0 Å². The molecular formula is C40H58O8Si. The van der Waals surface area contributed by atoms with E-state index in [-0.39, 0.29) is 53.3 Å². The van der Waals surface area contributed by atoms with Gasteiger partial charge in [-0.3, -0.25) is 0 Å². The maximum Gasteiger partial charge on any atom is 0.330 e. The quantitative estimate of drug-likeness (QED) is 0.134. The second-order valence-electron chi connectivity index (χ2n) is 15.7. The van der Waals surface area contributed by atoms with E-state index >= 15 is 0 Å². The summed E-state index contributed by atoms with van der Waals surface area (Å²) < 4.78 is 46.5. The van der Waals surface area contributed by atoms with Crippen LogP contribution < -0.4 is 0 Å². The largest absolute Gasteiger partial charge is 0.466 e. The zero-order valence-electron chi connectivity index (χ0n) is 30.9. The fraction of sp³-hybridized carbons (Fsp3) is 0.625. The number of rotatable bonds is 11. The van der Waals surface area contributed by atoms with E-state index in [4.69, 9.17) is 32.8 Å². The Morgan fingerprint density at radius 3 is 2.10 bits per heavy atom. The standard InChI is InChI=1S/C40H58O8Si/c1-27-29(3)40(23-32(26-45-40)43-24-30-17-12-10-13-18-30)47-38-36(44-25-31-19-14-11-15-20-31)28(2)35(48-49(8,9)39(4,5)6)33(46-37(27)38)21-16-22-34(41)42-7/h10-20,22,27-29,32-33,35-38H,21,23-26H2,1-9H3/b22-16+/t27-,28+,29-,32-,33-,35+,36-,37+,38-,40+/m0/s1. The van der Waals surface area contributed by atoms with Gasteiger partial charge < -0.3 is 32.8 Å². The molecule has 0 bridgehead atoms. The Labute approximate surface area is 294 Å². The van der Waals surface area contributed by atoms with Crippen LogP contribution in [0.1, 0.15) is 65.5 Å². The first kappa shape index (κ1) is 37.9. The van der Waals surface area contributed by atoms with Crippen molar-refractivity contribution in [3.05, 3.63) is 83.9 Å². The Kier molecular flexibility index (Phi) is 12.3. The van der Waals surface area contributed by atoms with Crippen LogP contribution in [0.2, 0.25) is 18.1 Å². The summed E-state index contributed by atoms with van der Waals surface area (Å²) >= 11 is 0. The molecule has 8 nitrogen and oxygen atoms in total. The smallest absolute Gasteiger partial charge is 0.330 e. The van der Waals surface area contributed by atoms with Gasteiger partial charge in [-0.2, -0.15) is 0 Å². The molecule has 0 radical (unpaired) electrons. The predicted molar refractivity (Wildman–Crippen MR) is 192 cm³/mol. The lowest BCUT2D eigenvalue weighted by molar-refractivity contribution is -0.340. The molecule has 3 heterocycles. The van der Waals surface area contributed by atoms with Crippen LogP contribution in [0, 0.1) is 17.8 Å². The number of fused-ring (bicyclic) bond motifs is 1. The Bertz CT molecular complexity index is 1380. The van der Waals surface area contributed by atoms with E-state index in [2.05, 4.69) is 78.9 Å². The highest BCUT2D eigenvalue weighted by molar-refractivity contribution is 6.74. The van der Waals surface area contributed by atoms with Gasteiger partial charge in [-0.25, -0.2) is 4.79 Å². The Balaban J connectivity index is 1.48. The van der Waals surface area contributed by atoms with Crippen LogP contribution >= 0.6 is 0 Å². The van der Waals surface area contributed by atoms with Crippen molar-refractivity contribution in [2.75, 3.05) is 13.7 Å². The topological polar surface area (TPSA) is 81.7 Å². The number of methoxy groups -OCH3 is 1. The average molecular weight is 695 g/mol. The highest BCUT2D eigenvalue weighted by Crippen LogP contribution is 2.51. The minimum Gasteiger partial charge on any atom is -0.466 e. The summed E-state index contributed by atoms with van der Waals surface area (Å²) in [4.78, 5) is 12.1. The minimum absolute atomic E-state index is 0.0204. The van der Waals surface area contributed by atoms with Crippen molar-refractivity contribution < 1.29 is 37.6 Å². The Hall–Kier alpha value is -2.37. The van der Waals surface area contributed by atoms with Crippen LogP contribution in [0.25, 0.3) is 0 Å². The molecule has 0 aliphatic carbocycles. The van der Waals surface area contributed by atoms with Gasteiger partial charge in [-0.15, -0.1) is 0 Å². The average Bonchev–Trinajstić information content (AvgIpc) is 3.46. The van der Waals surface area contributed by atoms with Gasteiger partial charge in [-0.05, 0) is 41.6 Å². The van der Waals surface area contributed by atoms with Gasteiger partial charge in [0, 0.05) is 24.3 Å². The van der Waals surface area contributed by atoms with Gasteiger partial charge in [0.2, 0.25) is 0 Å². The second-order valence-corrected chi connectivity index (χ2v) is 20.5. The number of esters is 1. The van der Waals surface area contributed by atoms with Crippen LogP contribution in [-0.2, 0) is 50.9 Å².